The molecule has 1 aliphatic heterocycles. The second kappa shape index (κ2) is 11.0. The second-order valence-electron chi connectivity index (χ2n) is 6.92. The van der Waals surface area contributed by atoms with Crippen LogP contribution in [0.2, 0.25) is 5.02 Å². The van der Waals surface area contributed by atoms with E-state index in [0.29, 0.717) is 42.7 Å². The van der Waals surface area contributed by atoms with Gasteiger partial charge >= 0.3 is 12.5 Å². The van der Waals surface area contributed by atoms with Crippen LogP contribution in [0.1, 0.15) is 16.1 Å². The lowest BCUT2D eigenvalue weighted by atomic mass is 10.1. The normalized spacial score (nSPS) is 13.7. The first-order chi connectivity index (χ1) is 15.3. The Kier molecular flexibility index (Phi) is 8.07. The first kappa shape index (κ1) is 23.6. The van der Waals surface area contributed by atoms with Crippen LogP contribution in [-0.2, 0) is 16.1 Å². The van der Waals surface area contributed by atoms with Crippen molar-refractivity contribution in [2.75, 3.05) is 37.7 Å². The van der Waals surface area contributed by atoms with Crippen LogP contribution in [0.25, 0.3) is 0 Å². The number of aromatic nitrogens is 1. The summed E-state index contributed by atoms with van der Waals surface area (Å²) in [5, 5.41) is 2.39. The Bertz CT molecular complexity index is 951. The molecule has 1 aromatic heterocycles. The maximum absolute atomic E-state index is 13.1. The Morgan fingerprint density at radius 3 is 2.41 bits per heavy atom. The number of amides is 3. The number of nitrogens with zero attached hydrogens (tertiary/aromatic N) is 3. The van der Waals surface area contributed by atoms with Crippen molar-refractivity contribution in [3.8, 4) is 0 Å². The van der Waals surface area contributed by atoms with E-state index in [-0.39, 0.29) is 18.1 Å². The summed E-state index contributed by atoms with van der Waals surface area (Å²) in [6, 6.07) is 9.64. The van der Waals surface area contributed by atoms with E-state index in [2.05, 4.69) is 4.98 Å². The molecule has 11 heteroatoms. The van der Waals surface area contributed by atoms with Crippen LogP contribution in [0.5, 0.6) is 0 Å². The van der Waals surface area contributed by atoms with Gasteiger partial charge in [0, 0.05) is 35.6 Å². The molecular formula is C21H21ClF2N4O4. The maximum atomic E-state index is 13.1. The third kappa shape index (κ3) is 6.21. The highest BCUT2D eigenvalue weighted by molar-refractivity contribution is 6.30. The van der Waals surface area contributed by atoms with Gasteiger partial charge in [-0.05, 0) is 36.4 Å². The van der Waals surface area contributed by atoms with Gasteiger partial charge in [0.15, 0.2) is 5.78 Å². The van der Waals surface area contributed by atoms with Gasteiger partial charge in [0.05, 0.1) is 32.0 Å². The SMILES string of the molecule is O=C(CNC(=O)C(F)F)c1ccc(CN(C(=O)N2CCOCC2)c2ccc(Cl)cc2)nc1. The zero-order valence-electron chi connectivity index (χ0n) is 17.0. The van der Waals surface area contributed by atoms with E-state index in [1.54, 1.807) is 40.1 Å². The van der Waals surface area contributed by atoms with E-state index in [9.17, 15) is 23.2 Å². The molecule has 0 radical (unpaired) electrons. The lowest BCUT2D eigenvalue weighted by Gasteiger charge is -2.33. The van der Waals surface area contributed by atoms with Gasteiger partial charge in [-0.15, -0.1) is 0 Å². The third-order valence-corrected chi connectivity index (χ3v) is 4.99. The molecule has 0 bridgehead atoms. The van der Waals surface area contributed by atoms with Gasteiger partial charge in [0.25, 0.3) is 5.91 Å². The van der Waals surface area contributed by atoms with Crippen LogP contribution in [0.15, 0.2) is 42.6 Å². The number of halogens is 3. The number of Topliss-reactive ketones (excluding diaryl/α,β-unsaturated/α-hetero) is 1. The number of ketones is 1. The van der Waals surface area contributed by atoms with E-state index in [0.717, 1.165) is 0 Å². The molecule has 0 saturated carbocycles. The van der Waals surface area contributed by atoms with Gasteiger partial charge in [-0.25, -0.2) is 4.79 Å². The molecule has 1 saturated heterocycles. The lowest BCUT2D eigenvalue weighted by molar-refractivity contribution is -0.131. The van der Waals surface area contributed by atoms with Gasteiger partial charge in [0.1, 0.15) is 0 Å². The predicted molar refractivity (Wildman–Crippen MR) is 113 cm³/mol. The molecule has 1 aromatic carbocycles. The lowest BCUT2D eigenvalue weighted by Crippen LogP contribution is -2.48. The fourth-order valence-corrected chi connectivity index (χ4v) is 3.13. The van der Waals surface area contributed by atoms with Crippen LogP contribution in [0.4, 0.5) is 19.3 Å². The molecule has 0 aliphatic carbocycles. The quantitative estimate of drug-likeness (QED) is 0.633. The summed E-state index contributed by atoms with van der Waals surface area (Å²) in [4.78, 5) is 43.6. The Hall–Kier alpha value is -3.11. The number of benzene rings is 1. The van der Waals surface area contributed by atoms with Crippen molar-refractivity contribution < 1.29 is 27.9 Å². The average Bonchev–Trinajstić information content (AvgIpc) is 2.82. The second-order valence-corrected chi connectivity index (χ2v) is 7.36. The van der Waals surface area contributed by atoms with E-state index < -0.39 is 24.7 Å². The number of rotatable bonds is 7. The highest BCUT2D eigenvalue weighted by Gasteiger charge is 2.25. The topological polar surface area (TPSA) is 91.8 Å². The number of nitrogens with one attached hydrogen (secondary N) is 1. The summed E-state index contributed by atoms with van der Waals surface area (Å²) in [5.74, 6) is -2.07. The number of morpholine rings is 1. The molecule has 1 N–H and O–H groups in total. The number of hydrogen-bond acceptors (Lipinski definition) is 5. The van der Waals surface area contributed by atoms with E-state index in [4.69, 9.17) is 16.3 Å². The number of carbonyl (C=O) groups is 3. The summed E-state index contributed by atoms with van der Waals surface area (Å²) >= 11 is 5.97. The van der Waals surface area contributed by atoms with E-state index in [1.165, 1.54) is 12.3 Å². The molecule has 3 amide bonds. The summed E-state index contributed by atoms with van der Waals surface area (Å²) in [6.45, 7) is 1.42. The number of urea groups is 1. The number of hydrogen-bond donors (Lipinski definition) is 1. The monoisotopic (exact) mass is 466 g/mol. The number of pyridine rings is 1. The molecule has 32 heavy (non-hydrogen) atoms. The van der Waals surface area contributed by atoms with Crippen molar-refractivity contribution in [3.63, 3.8) is 0 Å². The van der Waals surface area contributed by atoms with Gasteiger partial charge < -0.3 is 15.0 Å². The van der Waals surface area contributed by atoms with Crippen molar-refractivity contribution in [3.05, 3.63) is 58.9 Å². The van der Waals surface area contributed by atoms with Crippen LogP contribution >= 0.6 is 11.6 Å². The molecule has 3 rings (SSSR count). The summed E-state index contributed by atoms with van der Waals surface area (Å²) < 4.78 is 29.8. The van der Waals surface area contributed by atoms with Crippen molar-refractivity contribution in [2.45, 2.75) is 13.0 Å². The zero-order chi connectivity index (χ0) is 23.1. The maximum Gasteiger partial charge on any atom is 0.325 e. The number of alkyl halides is 2. The predicted octanol–water partition coefficient (Wildman–Crippen LogP) is 2.76. The highest BCUT2D eigenvalue weighted by atomic mass is 35.5. The minimum Gasteiger partial charge on any atom is -0.378 e. The first-order valence-corrected chi connectivity index (χ1v) is 10.2. The number of carbonyl (C=O) groups excluding carboxylic acids is 3. The van der Waals surface area contributed by atoms with Crippen molar-refractivity contribution in [2.24, 2.45) is 0 Å². The van der Waals surface area contributed by atoms with Gasteiger partial charge in [-0.2, -0.15) is 8.78 Å². The van der Waals surface area contributed by atoms with Crippen LogP contribution in [0, 0.1) is 0 Å². The highest BCUT2D eigenvalue weighted by Crippen LogP contribution is 2.22. The van der Waals surface area contributed by atoms with Crippen LogP contribution < -0.4 is 10.2 Å². The van der Waals surface area contributed by atoms with E-state index in [1.807, 2.05) is 5.32 Å². The molecule has 0 spiro atoms. The van der Waals surface area contributed by atoms with Crippen molar-refractivity contribution >= 4 is 35.0 Å². The Labute approximate surface area is 188 Å². The largest absolute Gasteiger partial charge is 0.378 e. The number of anilines is 1. The molecule has 1 fully saturated rings. The van der Waals surface area contributed by atoms with Gasteiger partial charge in [0.2, 0.25) is 0 Å². The molecule has 0 unspecified atom stereocenters. The Balaban J connectivity index is 1.72. The zero-order valence-corrected chi connectivity index (χ0v) is 17.7. The molecule has 1 aliphatic rings. The molecule has 2 aromatic rings. The summed E-state index contributed by atoms with van der Waals surface area (Å²) in [6.07, 6.45) is -1.91. The molecule has 8 nitrogen and oxygen atoms in total. The third-order valence-electron chi connectivity index (χ3n) is 4.74. The van der Waals surface area contributed by atoms with Crippen molar-refractivity contribution in [1.82, 2.24) is 15.2 Å². The van der Waals surface area contributed by atoms with E-state index >= 15 is 0 Å². The Morgan fingerprint density at radius 2 is 1.81 bits per heavy atom. The van der Waals surface area contributed by atoms with Gasteiger partial charge in [-0.3, -0.25) is 19.5 Å². The first-order valence-electron chi connectivity index (χ1n) is 9.79. The van der Waals surface area contributed by atoms with Crippen LogP contribution in [-0.4, -0.2) is 66.9 Å². The average molecular weight is 467 g/mol. The minimum atomic E-state index is -3.19. The summed E-state index contributed by atoms with van der Waals surface area (Å²) in [7, 11) is 0. The fourth-order valence-electron chi connectivity index (χ4n) is 3.01. The van der Waals surface area contributed by atoms with Crippen molar-refractivity contribution in [1.29, 1.82) is 0 Å². The molecular weight excluding hydrogens is 446 g/mol. The molecule has 0 atom stereocenters. The molecule has 170 valence electrons. The minimum absolute atomic E-state index is 0.133. The summed E-state index contributed by atoms with van der Waals surface area (Å²) in [5.41, 5.74) is 1.29. The van der Waals surface area contributed by atoms with Crippen LogP contribution in [0.3, 0.4) is 0 Å². The Morgan fingerprint density at radius 1 is 1.12 bits per heavy atom. The standard InChI is InChI=1S/C21H21ClF2N4O4/c22-15-2-5-17(6-3-15)28(21(31)27-7-9-32-10-8-27)13-16-4-1-14(11-25-16)18(29)12-26-20(30)19(23)24/h1-6,11,19H,7-10,12-13H2,(H,26,30). The van der Waals surface area contributed by atoms with Gasteiger partial charge in [-0.1, -0.05) is 11.6 Å². The smallest absolute Gasteiger partial charge is 0.325 e. The fraction of sp³-hybridized carbons (Fsp3) is 0.333. The number of ether oxygens (including phenoxy) is 1. The molecule has 2 heterocycles.